The maximum absolute atomic E-state index is 5.80. The van der Waals surface area contributed by atoms with E-state index in [0.717, 1.165) is 25.7 Å². The fourth-order valence-corrected chi connectivity index (χ4v) is 2.06. The number of pyridine rings is 1. The van der Waals surface area contributed by atoms with Crippen LogP contribution >= 0.6 is 0 Å². The highest BCUT2D eigenvalue weighted by atomic mass is 16.5. The monoisotopic (exact) mass is 222 g/mol. The van der Waals surface area contributed by atoms with Crippen molar-refractivity contribution in [2.24, 2.45) is 0 Å². The van der Waals surface area contributed by atoms with Crippen LogP contribution < -0.4 is 10.5 Å². The first-order chi connectivity index (χ1) is 7.78. The van der Waals surface area contributed by atoms with Gasteiger partial charge in [-0.05, 0) is 25.3 Å². The van der Waals surface area contributed by atoms with Crippen molar-refractivity contribution in [3.8, 4) is 5.88 Å². The molecule has 1 aliphatic rings. The smallest absolute Gasteiger partial charge is 0.213 e. The van der Waals surface area contributed by atoms with E-state index in [9.17, 15) is 0 Å². The van der Waals surface area contributed by atoms with Gasteiger partial charge in [0.25, 0.3) is 0 Å². The lowest BCUT2D eigenvalue weighted by atomic mass is 9.95. The Morgan fingerprint density at radius 2 is 2.12 bits per heavy atom. The molecule has 0 bridgehead atoms. The van der Waals surface area contributed by atoms with Crippen molar-refractivity contribution in [2.75, 3.05) is 12.8 Å². The molecule has 2 N–H and O–H groups in total. The van der Waals surface area contributed by atoms with Crippen LogP contribution in [0.1, 0.15) is 25.7 Å². The normalized spacial score (nSPS) is 25.3. The van der Waals surface area contributed by atoms with Gasteiger partial charge in [0.1, 0.15) is 6.10 Å². The van der Waals surface area contributed by atoms with Crippen LogP contribution in [0.25, 0.3) is 0 Å². The quantitative estimate of drug-likeness (QED) is 0.849. The van der Waals surface area contributed by atoms with Gasteiger partial charge in [-0.2, -0.15) is 0 Å². The minimum absolute atomic E-state index is 0.217. The molecule has 16 heavy (non-hydrogen) atoms. The van der Waals surface area contributed by atoms with Crippen LogP contribution in [-0.2, 0) is 4.74 Å². The van der Waals surface area contributed by atoms with Crippen molar-refractivity contribution < 1.29 is 9.47 Å². The van der Waals surface area contributed by atoms with Crippen LogP contribution in [0.4, 0.5) is 5.69 Å². The number of aromatic nitrogens is 1. The zero-order valence-corrected chi connectivity index (χ0v) is 9.56. The molecule has 1 saturated carbocycles. The van der Waals surface area contributed by atoms with E-state index in [1.807, 2.05) is 6.07 Å². The Hall–Kier alpha value is -1.29. The molecule has 0 amide bonds. The molecule has 2 atom stereocenters. The van der Waals surface area contributed by atoms with Crippen molar-refractivity contribution in [3.05, 3.63) is 18.3 Å². The molecule has 2 unspecified atom stereocenters. The van der Waals surface area contributed by atoms with Crippen molar-refractivity contribution >= 4 is 5.69 Å². The second kappa shape index (κ2) is 5.16. The van der Waals surface area contributed by atoms with Crippen molar-refractivity contribution in [1.82, 2.24) is 4.98 Å². The molecule has 4 heteroatoms. The molecule has 1 fully saturated rings. The average molecular weight is 222 g/mol. The van der Waals surface area contributed by atoms with Gasteiger partial charge >= 0.3 is 0 Å². The minimum atomic E-state index is 0.217. The molecule has 0 saturated heterocycles. The first-order valence-corrected chi connectivity index (χ1v) is 5.69. The molecular weight excluding hydrogens is 204 g/mol. The van der Waals surface area contributed by atoms with Gasteiger partial charge in [-0.3, -0.25) is 0 Å². The number of hydrogen-bond acceptors (Lipinski definition) is 4. The molecule has 2 rings (SSSR count). The van der Waals surface area contributed by atoms with E-state index in [1.165, 1.54) is 0 Å². The first kappa shape index (κ1) is 11.2. The molecule has 0 aliphatic heterocycles. The number of hydrogen-bond donors (Lipinski definition) is 1. The van der Waals surface area contributed by atoms with Crippen molar-refractivity contribution in [2.45, 2.75) is 37.9 Å². The van der Waals surface area contributed by atoms with Gasteiger partial charge in [0, 0.05) is 19.6 Å². The second-order valence-corrected chi connectivity index (χ2v) is 4.19. The molecular formula is C12H18N2O2. The zero-order chi connectivity index (χ0) is 11.4. The summed E-state index contributed by atoms with van der Waals surface area (Å²) in [5, 5.41) is 0. The van der Waals surface area contributed by atoms with Crippen LogP contribution in [0.3, 0.4) is 0 Å². The third-order valence-electron chi connectivity index (χ3n) is 2.96. The molecule has 1 aromatic heterocycles. The van der Waals surface area contributed by atoms with Crippen LogP contribution in [0.5, 0.6) is 5.88 Å². The zero-order valence-electron chi connectivity index (χ0n) is 9.56. The lowest BCUT2D eigenvalue weighted by Gasteiger charge is -2.28. The number of rotatable bonds is 3. The molecule has 1 heterocycles. The van der Waals surface area contributed by atoms with E-state index < -0.39 is 0 Å². The van der Waals surface area contributed by atoms with Crippen LogP contribution in [0, 0.1) is 0 Å². The number of anilines is 1. The van der Waals surface area contributed by atoms with Crippen LogP contribution in [0.2, 0.25) is 0 Å². The average Bonchev–Trinajstić information content (AvgIpc) is 2.32. The third kappa shape index (κ3) is 2.85. The van der Waals surface area contributed by atoms with Gasteiger partial charge in [0.15, 0.2) is 0 Å². The number of nitrogen functional groups attached to an aromatic ring is 1. The molecule has 4 nitrogen and oxygen atoms in total. The van der Waals surface area contributed by atoms with E-state index in [-0.39, 0.29) is 6.10 Å². The van der Waals surface area contributed by atoms with E-state index in [2.05, 4.69) is 4.98 Å². The summed E-state index contributed by atoms with van der Waals surface area (Å²) in [4.78, 5) is 4.14. The first-order valence-electron chi connectivity index (χ1n) is 5.69. The summed E-state index contributed by atoms with van der Waals surface area (Å²) in [7, 11) is 1.76. The van der Waals surface area contributed by atoms with E-state index in [1.54, 1.807) is 19.4 Å². The Morgan fingerprint density at radius 3 is 2.81 bits per heavy atom. The standard InChI is InChI=1S/C12H18N2O2/c1-15-10-3-2-4-11(7-10)16-12-6-5-9(13)8-14-12/h5-6,8,10-11H,2-4,7,13H2,1H3. The van der Waals surface area contributed by atoms with Crippen LogP contribution in [0.15, 0.2) is 18.3 Å². The lowest BCUT2D eigenvalue weighted by Crippen LogP contribution is -2.29. The third-order valence-corrected chi connectivity index (χ3v) is 2.96. The Kier molecular flexibility index (Phi) is 3.62. The summed E-state index contributed by atoms with van der Waals surface area (Å²) in [6.45, 7) is 0. The summed E-state index contributed by atoms with van der Waals surface area (Å²) in [5.41, 5.74) is 6.22. The Morgan fingerprint density at radius 1 is 1.31 bits per heavy atom. The number of nitrogens with two attached hydrogens (primary N) is 1. The highest BCUT2D eigenvalue weighted by Gasteiger charge is 2.23. The lowest BCUT2D eigenvalue weighted by molar-refractivity contribution is 0.0195. The number of nitrogens with zero attached hydrogens (tertiary/aromatic N) is 1. The summed E-state index contributed by atoms with van der Waals surface area (Å²) in [6.07, 6.45) is 6.46. The molecule has 88 valence electrons. The van der Waals surface area contributed by atoms with Gasteiger partial charge in [0.05, 0.1) is 18.0 Å². The molecule has 1 aliphatic carbocycles. The van der Waals surface area contributed by atoms with Gasteiger partial charge in [-0.1, -0.05) is 0 Å². The predicted molar refractivity (Wildman–Crippen MR) is 62.3 cm³/mol. The molecule has 0 aromatic carbocycles. The minimum Gasteiger partial charge on any atom is -0.474 e. The Balaban J connectivity index is 1.91. The summed E-state index contributed by atoms with van der Waals surface area (Å²) < 4.78 is 11.2. The van der Waals surface area contributed by atoms with Gasteiger partial charge in [-0.25, -0.2) is 4.98 Å². The summed E-state index contributed by atoms with van der Waals surface area (Å²) >= 11 is 0. The maximum atomic E-state index is 5.80. The fraction of sp³-hybridized carbons (Fsp3) is 0.583. The van der Waals surface area contributed by atoms with Gasteiger partial charge in [0.2, 0.25) is 5.88 Å². The largest absolute Gasteiger partial charge is 0.474 e. The Bertz CT molecular complexity index is 326. The molecule has 0 radical (unpaired) electrons. The van der Waals surface area contributed by atoms with Gasteiger partial charge < -0.3 is 15.2 Å². The highest BCUT2D eigenvalue weighted by Crippen LogP contribution is 2.24. The van der Waals surface area contributed by atoms with Crippen LogP contribution in [-0.4, -0.2) is 24.3 Å². The van der Waals surface area contributed by atoms with E-state index >= 15 is 0 Å². The Labute approximate surface area is 95.8 Å². The topological polar surface area (TPSA) is 57.4 Å². The van der Waals surface area contributed by atoms with E-state index in [4.69, 9.17) is 15.2 Å². The van der Waals surface area contributed by atoms with Gasteiger partial charge in [-0.15, -0.1) is 0 Å². The number of ether oxygens (including phenoxy) is 2. The maximum Gasteiger partial charge on any atom is 0.213 e. The van der Waals surface area contributed by atoms with Crippen molar-refractivity contribution in [1.29, 1.82) is 0 Å². The highest BCUT2D eigenvalue weighted by molar-refractivity contribution is 5.35. The SMILES string of the molecule is COC1CCCC(Oc2ccc(N)cn2)C1. The predicted octanol–water partition coefficient (Wildman–Crippen LogP) is 2.00. The van der Waals surface area contributed by atoms with E-state index in [0.29, 0.717) is 17.7 Å². The second-order valence-electron chi connectivity index (χ2n) is 4.19. The summed E-state index contributed by atoms with van der Waals surface area (Å²) in [6, 6.07) is 3.62. The van der Waals surface area contributed by atoms with Crippen molar-refractivity contribution in [3.63, 3.8) is 0 Å². The number of methoxy groups -OCH3 is 1. The summed E-state index contributed by atoms with van der Waals surface area (Å²) in [5.74, 6) is 0.649. The fourth-order valence-electron chi connectivity index (χ4n) is 2.06. The molecule has 0 spiro atoms. The molecule has 1 aromatic rings.